The van der Waals surface area contributed by atoms with E-state index in [1.807, 2.05) is 0 Å². The van der Waals surface area contributed by atoms with Crippen molar-refractivity contribution in [2.24, 2.45) is 0 Å². The highest BCUT2D eigenvalue weighted by molar-refractivity contribution is 4.96. The zero-order chi connectivity index (χ0) is 9.31. The van der Waals surface area contributed by atoms with Crippen LogP contribution in [0.4, 0.5) is 0 Å². The van der Waals surface area contributed by atoms with Crippen LogP contribution >= 0.6 is 0 Å². The van der Waals surface area contributed by atoms with Gasteiger partial charge in [-0.15, -0.1) is 0 Å². The lowest BCUT2D eigenvalue weighted by molar-refractivity contribution is 0.132. The standard InChI is InChI=1S/C10H20N2O/c1-10(5-6-11-7-10)12-8-3-2-4-9(8)13/h8-9,11-13H,2-7H2,1H3. The fourth-order valence-corrected chi connectivity index (χ4v) is 2.50. The zero-order valence-corrected chi connectivity index (χ0v) is 8.34. The highest BCUT2D eigenvalue weighted by Gasteiger charge is 2.34. The van der Waals surface area contributed by atoms with Crippen LogP contribution in [0.1, 0.15) is 32.6 Å². The highest BCUT2D eigenvalue weighted by Crippen LogP contribution is 2.23. The number of rotatable bonds is 2. The van der Waals surface area contributed by atoms with Crippen molar-refractivity contribution in [2.75, 3.05) is 13.1 Å². The number of nitrogens with one attached hydrogen (secondary N) is 2. The van der Waals surface area contributed by atoms with Gasteiger partial charge in [-0.3, -0.25) is 0 Å². The molecule has 2 fully saturated rings. The van der Waals surface area contributed by atoms with E-state index < -0.39 is 0 Å². The lowest BCUT2D eigenvalue weighted by Gasteiger charge is -2.30. The Labute approximate surface area is 79.9 Å². The summed E-state index contributed by atoms with van der Waals surface area (Å²) in [6.45, 7) is 4.39. The third-order valence-corrected chi connectivity index (χ3v) is 3.38. The van der Waals surface area contributed by atoms with Gasteiger partial charge in [-0.25, -0.2) is 0 Å². The molecule has 2 rings (SSSR count). The van der Waals surface area contributed by atoms with E-state index in [1.165, 1.54) is 12.8 Å². The molecule has 76 valence electrons. The summed E-state index contributed by atoms with van der Waals surface area (Å²) in [5, 5.41) is 16.6. The molecule has 3 nitrogen and oxygen atoms in total. The molecule has 2 aliphatic rings. The van der Waals surface area contributed by atoms with E-state index in [1.54, 1.807) is 0 Å². The van der Waals surface area contributed by atoms with Crippen LogP contribution < -0.4 is 10.6 Å². The van der Waals surface area contributed by atoms with Crippen molar-refractivity contribution in [2.45, 2.75) is 50.3 Å². The molecule has 1 saturated carbocycles. The molecule has 1 aliphatic heterocycles. The van der Waals surface area contributed by atoms with Gasteiger partial charge in [-0.1, -0.05) is 0 Å². The minimum absolute atomic E-state index is 0.113. The topological polar surface area (TPSA) is 44.3 Å². The molecule has 0 aromatic rings. The smallest absolute Gasteiger partial charge is 0.0693 e. The largest absolute Gasteiger partial charge is 0.392 e. The molecule has 3 atom stereocenters. The molecule has 1 heterocycles. The predicted molar refractivity (Wildman–Crippen MR) is 52.7 cm³/mol. The first-order chi connectivity index (χ1) is 6.20. The van der Waals surface area contributed by atoms with Crippen LogP contribution in [0.15, 0.2) is 0 Å². The van der Waals surface area contributed by atoms with E-state index in [0.717, 1.165) is 25.9 Å². The molecule has 0 amide bonds. The Morgan fingerprint density at radius 1 is 1.46 bits per heavy atom. The van der Waals surface area contributed by atoms with Crippen LogP contribution in [0.3, 0.4) is 0 Å². The van der Waals surface area contributed by atoms with E-state index in [2.05, 4.69) is 17.6 Å². The van der Waals surface area contributed by atoms with Crippen LogP contribution in [0, 0.1) is 0 Å². The van der Waals surface area contributed by atoms with Gasteiger partial charge in [-0.05, 0) is 39.2 Å². The molecule has 0 aromatic heterocycles. The van der Waals surface area contributed by atoms with Crippen LogP contribution in [0.5, 0.6) is 0 Å². The maximum atomic E-state index is 9.68. The monoisotopic (exact) mass is 184 g/mol. The Hall–Kier alpha value is -0.120. The minimum Gasteiger partial charge on any atom is -0.392 e. The van der Waals surface area contributed by atoms with Gasteiger partial charge in [0.05, 0.1) is 6.10 Å². The molecule has 0 aromatic carbocycles. The summed E-state index contributed by atoms with van der Waals surface area (Å²) in [6.07, 6.45) is 4.34. The van der Waals surface area contributed by atoms with E-state index in [0.29, 0.717) is 6.04 Å². The van der Waals surface area contributed by atoms with Crippen molar-refractivity contribution in [1.82, 2.24) is 10.6 Å². The molecule has 1 aliphatic carbocycles. The van der Waals surface area contributed by atoms with E-state index in [-0.39, 0.29) is 11.6 Å². The van der Waals surface area contributed by atoms with Gasteiger partial charge in [0, 0.05) is 18.1 Å². The maximum Gasteiger partial charge on any atom is 0.0693 e. The number of hydrogen-bond donors (Lipinski definition) is 3. The van der Waals surface area contributed by atoms with Crippen LogP contribution in [-0.2, 0) is 0 Å². The van der Waals surface area contributed by atoms with Gasteiger partial charge in [0.25, 0.3) is 0 Å². The number of aliphatic hydroxyl groups is 1. The molecule has 13 heavy (non-hydrogen) atoms. The first-order valence-electron chi connectivity index (χ1n) is 5.36. The summed E-state index contributed by atoms with van der Waals surface area (Å²) >= 11 is 0. The van der Waals surface area contributed by atoms with E-state index in [4.69, 9.17) is 0 Å². The maximum absolute atomic E-state index is 9.68. The Morgan fingerprint density at radius 3 is 2.85 bits per heavy atom. The third kappa shape index (κ3) is 2.03. The lowest BCUT2D eigenvalue weighted by atomic mass is 9.99. The zero-order valence-electron chi connectivity index (χ0n) is 8.34. The molecule has 3 unspecified atom stereocenters. The molecule has 0 radical (unpaired) electrons. The van der Waals surface area contributed by atoms with Gasteiger partial charge in [0.15, 0.2) is 0 Å². The molecular weight excluding hydrogens is 164 g/mol. The van der Waals surface area contributed by atoms with Crippen molar-refractivity contribution < 1.29 is 5.11 Å². The van der Waals surface area contributed by atoms with Gasteiger partial charge >= 0.3 is 0 Å². The van der Waals surface area contributed by atoms with Crippen molar-refractivity contribution in [3.8, 4) is 0 Å². The molecule has 0 bridgehead atoms. The molecule has 0 spiro atoms. The molecule has 3 heteroatoms. The Bertz CT molecular complexity index is 178. The van der Waals surface area contributed by atoms with Crippen LogP contribution in [0.2, 0.25) is 0 Å². The van der Waals surface area contributed by atoms with Gasteiger partial charge < -0.3 is 15.7 Å². The second kappa shape index (κ2) is 3.56. The first kappa shape index (κ1) is 9.44. The summed E-state index contributed by atoms with van der Waals surface area (Å²) in [6, 6.07) is 0.338. The van der Waals surface area contributed by atoms with Crippen molar-refractivity contribution in [3.05, 3.63) is 0 Å². The molecule has 3 N–H and O–H groups in total. The first-order valence-corrected chi connectivity index (χ1v) is 5.36. The fraction of sp³-hybridized carbons (Fsp3) is 1.00. The summed E-state index contributed by atoms with van der Waals surface area (Å²) in [5.41, 5.74) is 0.218. The highest BCUT2D eigenvalue weighted by atomic mass is 16.3. The van der Waals surface area contributed by atoms with Crippen LogP contribution in [0.25, 0.3) is 0 Å². The second-order valence-electron chi connectivity index (χ2n) is 4.74. The van der Waals surface area contributed by atoms with Gasteiger partial charge in [0.2, 0.25) is 0 Å². The summed E-state index contributed by atoms with van der Waals surface area (Å²) in [4.78, 5) is 0. The minimum atomic E-state index is -0.113. The lowest BCUT2D eigenvalue weighted by Crippen LogP contribution is -2.52. The van der Waals surface area contributed by atoms with Gasteiger partial charge in [0.1, 0.15) is 0 Å². The number of aliphatic hydroxyl groups excluding tert-OH is 1. The van der Waals surface area contributed by atoms with E-state index >= 15 is 0 Å². The van der Waals surface area contributed by atoms with Crippen molar-refractivity contribution in [1.29, 1.82) is 0 Å². The van der Waals surface area contributed by atoms with Crippen LogP contribution in [-0.4, -0.2) is 35.9 Å². The van der Waals surface area contributed by atoms with E-state index in [9.17, 15) is 5.11 Å². The Balaban J connectivity index is 1.88. The quantitative estimate of drug-likeness (QED) is 0.576. The Kier molecular flexibility index (Phi) is 2.58. The normalized spacial score (nSPS) is 45.7. The molecule has 1 saturated heterocycles. The average Bonchev–Trinajstić information content (AvgIpc) is 2.64. The van der Waals surface area contributed by atoms with Crippen molar-refractivity contribution in [3.63, 3.8) is 0 Å². The predicted octanol–water partition coefficient (Wildman–Crippen LogP) is 0.241. The van der Waals surface area contributed by atoms with Gasteiger partial charge in [-0.2, -0.15) is 0 Å². The summed E-state index contributed by atoms with van der Waals surface area (Å²) < 4.78 is 0. The molecular formula is C10H20N2O. The summed E-state index contributed by atoms with van der Waals surface area (Å²) in [5.74, 6) is 0. The second-order valence-corrected chi connectivity index (χ2v) is 4.74. The SMILES string of the molecule is CC1(NC2CCCC2O)CCNC1. The summed E-state index contributed by atoms with van der Waals surface area (Å²) in [7, 11) is 0. The number of hydrogen-bond acceptors (Lipinski definition) is 3. The third-order valence-electron chi connectivity index (χ3n) is 3.38. The van der Waals surface area contributed by atoms with Crippen molar-refractivity contribution >= 4 is 0 Å². The Morgan fingerprint density at radius 2 is 2.31 bits per heavy atom. The fourth-order valence-electron chi connectivity index (χ4n) is 2.50. The average molecular weight is 184 g/mol.